The zero-order valence-electron chi connectivity index (χ0n) is 16.7. The van der Waals surface area contributed by atoms with Gasteiger partial charge in [0.15, 0.2) is 10.0 Å². The van der Waals surface area contributed by atoms with E-state index in [0.29, 0.717) is 18.1 Å². The van der Waals surface area contributed by atoms with Gasteiger partial charge in [0, 0.05) is 23.5 Å². The number of thiazole rings is 1. The number of carboxylic acid groups (broad SMARTS) is 1. The predicted molar refractivity (Wildman–Crippen MR) is 114 cm³/mol. The lowest BCUT2D eigenvalue weighted by Gasteiger charge is -2.16. The number of aliphatic hydroxyl groups excluding tert-OH is 1. The number of aromatic carboxylic acids is 1. The first-order valence-electron chi connectivity index (χ1n) is 10.1. The average molecular weight is 426 g/mol. The fourth-order valence-corrected chi connectivity index (χ4v) is 5.56. The van der Waals surface area contributed by atoms with E-state index in [-0.39, 0.29) is 17.5 Å². The zero-order valence-corrected chi connectivity index (χ0v) is 18.3. The third-order valence-corrected chi connectivity index (χ3v) is 7.34. The van der Waals surface area contributed by atoms with E-state index in [4.69, 9.17) is 5.11 Å². The molecular formula is C21H31NO4S2. The Morgan fingerprint density at radius 3 is 2.96 bits per heavy atom. The van der Waals surface area contributed by atoms with Gasteiger partial charge in [-0.3, -0.25) is 4.79 Å². The molecule has 0 aromatic carbocycles. The highest BCUT2D eigenvalue weighted by Crippen LogP contribution is 2.35. The molecule has 7 heteroatoms. The van der Waals surface area contributed by atoms with Crippen LogP contribution in [-0.2, 0) is 4.79 Å². The van der Waals surface area contributed by atoms with Crippen molar-refractivity contribution in [3.63, 3.8) is 0 Å². The van der Waals surface area contributed by atoms with E-state index in [1.165, 1.54) is 35.9 Å². The molecule has 0 spiro atoms. The Morgan fingerprint density at radius 2 is 2.29 bits per heavy atom. The number of nitrogens with zero attached hydrogens (tertiary/aromatic N) is 1. The number of hydrogen-bond acceptors (Lipinski definition) is 6. The molecule has 1 aliphatic carbocycles. The van der Waals surface area contributed by atoms with Gasteiger partial charge in [-0.25, -0.2) is 9.78 Å². The lowest BCUT2D eigenvalue weighted by molar-refractivity contribution is -0.121. The molecule has 28 heavy (non-hydrogen) atoms. The number of allylic oxidation sites excluding steroid dienone is 1. The van der Waals surface area contributed by atoms with Crippen LogP contribution in [0, 0.1) is 17.8 Å². The van der Waals surface area contributed by atoms with Gasteiger partial charge in [-0.15, -0.1) is 11.3 Å². The Balaban J connectivity index is 1.80. The summed E-state index contributed by atoms with van der Waals surface area (Å²) in [6, 6.07) is 0. The summed E-state index contributed by atoms with van der Waals surface area (Å²) in [5.41, 5.74) is 0.0763. The van der Waals surface area contributed by atoms with Gasteiger partial charge in [0.1, 0.15) is 5.78 Å². The van der Waals surface area contributed by atoms with Crippen LogP contribution in [-0.4, -0.2) is 38.8 Å². The number of ketones is 1. The van der Waals surface area contributed by atoms with Gasteiger partial charge >= 0.3 is 5.97 Å². The van der Waals surface area contributed by atoms with Crippen LogP contribution in [0.4, 0.5) is 0 Å². The van der Waals surface area contributed by atoms with Crippen LogP contribution in [0.15, 0.2) is 21.9 Å². The number of carbonyl (C=O) groups excluding carboxylic acids is 1. The number of rotatable bonds is 12. The van der Waals surface area contributed by atoms with E-state index in [0.717, 1.165) is 35.8 Å². The monoisotopic (exact) mass is 425 g/mol. The van der Waals surface area contributed by atoms with Gasteiger partial charge in [0.2, 0.25) is 0 Å². The zero-order chi connectivity index (χ0) is 20.5. The molecule has 1 aliphatic rings. The molecule has 5 nitrogen and oxygen atoms in total. The highest BCUT2D eigenvalue weighted by molar-refractivity contribution is 8.01. The standard InChI is InChI=1S/C21H31NO4S2/c1-3-4-5-14(2)12-16(23)8-6-15-7-9-19(24)17(15)10-11-27-21-22-18(13-28-21)20(25)26/h6,8,13-17,23H,3-5,7,9-12H2,1-2H3,(H,25,26). The third kappa shape index (κ3) is 7.33. The number of carbonyl (C=O) groups is 2. The van der Waals surface area contributed by atoms with Gasteiger partial charge in [-0.2, -0.15) is 0 Å². The molecule has 1 aromatic heterocycles. The second-order valence-electron chi connectivity index (χ2n) is 7.65. The molecule has 0 radical (unpaired) electrons. The lowest BCUT2D eigenvalue weighted by Crippen LogP contribution is -2.15. The number of hydrogen-bond donors (Lipinski definition) is 2. The summed E-state index contributed by atoms with van der Waals surface area (Å²) >= 11 is 2.83. The van der Waals surface area contributed by atoms with Gasteiger partial charge in [0.25, 0.3) is 0 Å². The molecule has 1 heterocycles. The van der Waals surface area contributed by atoms with E-state index >= 15 is 0 Å². The Kier molecular flexibility index (Phi) is 9.68. The van der Waals surface area contributed by atoms with Crippen molar-refractivity contribution in [1.29, 1.82) is 0 Å². The maximum atomic E-state index is 12.3. The molecule has 1 saturated carbocycles. The SMILES string of the molecule is CCCCC(C)CC(O)C=CC1CCC(=O)C1CCSc1nc(C(=O)O)cs1. The molecule has 0 aliphatic heterocycles. The molecule has 1 fully saturated rings. The van der Waals surface area contributed by atoms with E-state index < -0.39 is 12.1 Å². The summed E-state index contributed by atoms with van der Waals surface area (Å²) in [7, 11) is 0. The topological polar surface area (TPSA) is 87.5 Å². The van der Waals surface area contributed by atoms with Crippen LogP contribution >= 0.6 is 23.1 Å². The molecule has 0 amide bonds. The summed E-state index contributed by atoms with van der Waals surface area (Å²) in [4.78, 5) is 27.2. The smallest absolute Gasteiger partial charge is 0.355 e. The van der Waals surface area contributed by atoms with Crippen LogP contribution in [0.3, 0.4) is 0 Å². The molecule has 1 aromatic rings. The van der Waals surface area contributed by atoms with Gasteiger partial charge < -0.3 is 10.2 Å². The number of Topliss-reactive ketones (excluding diaryl/α,β-unsaturated/α-hetero) is 1. The van der Waals surface area contributed by atoms with E-state index in [1.54, 1.807) is 5.38 Å². The fourth-order valence-electron chi connectivity index (χ4n) is 3.67. The first-order chi connectivity index (χ1) is 13.4. The minimum Gasteiger partial charge on any atom is -0.476 e. The Hall–Kier alpha value is -1.18. The molecule has 0 bridgehead atoms. The van der Waals surface area contributed by atoms with Gasteiger partial charge in [0.05, 0.1) is 6.10 Å². The van der Waals surface area contributed by atoms with E-state index in [1.807, 2.05) is 12.2 Å². The normalized spacial score (nSPS) is 22.0. The maximum Gasteiger partial charge on any atom is 0.355 e. The first kappa shape index (κ1) is 23.1. The number of thioether (sulfide) groups is 1. The molecule has 0 saturated heterocycles. The average Bonchev–Trinajstić information content (AvgIpc) is 3.26. The minimum atomic E-state index is -1.01. The Bertz CT molecular complexity index is 673. The van der Waals surface area contributed by atoms with Crippen LogP contribution in [0.5, 0.6) is 0 Å². The maximum absolute atomic E-state index is 12.3. The molecular weight excluding hydrogens is 394 g/mol. The van der Waals surface area contributed by atoms with Crippen molar-refractivity contribution in [1.82, 2.24) is 4.98 Å². The van der Waals surface area contributed by atoms with Crippen LogP contribution in [0.2, 0.25) is 0 Å². The predicted octanol–water partition coefficient (Wildman–Crippen LogP) is 5.05. The highest BCUT2D eigenvalue weighted by Gasteiger charge is 2.32. The molecule has 2 N–H and O–H groups in total. The van der Waals surface area contributed by atoms with Crippen molar-refractivity contribution < 1.29 is 19.8 Å². The molecule has 156 valence electrons. The molecule has 4 atom stereocenters. The van der Waals surface area contributed by atoms with Crippen molar-refractivity contribution in [3.8, 4) is 0 Å². The Labute approximate surface area is 175 Å². The number of aromatic nitrogens is 1. The van der Waals surface area contributed by atoms with Crippen molar-refractivity contribution in [2.24, 2.45) is 17.8 Å². The number of aliphatic hydroxyl groups is 1. The van der Waals surface area contributed by atoms with Crippen molar-refractivity contribution >= 4 is 34.9 Å². The first-order valence-corrected chi connectivity index (χ1v) is 12.0. The number of carboxylic acids is 1. The minimum absolute atomic E-state index is 0.00706. The Morgan fingerprint density at radius 1 is 1.50 bits per heavy atom. The van der Waals surface area contributed by atoms with E-state index in [9.17, 15) is 14.7 Å². The summed E-state index contributed by atoms with van der Waals surface area (Å²) in [6.45, 7) is 4.36. The highest BCUT2D eigenvalue weighted by atomic mass is 32.2. The fraction of sp³-hybridized carbons (Fsp3) is 0.667. The summed E-state index contributed by atoms with van der Waals surface area (Å²) in [5.74, 6) is 0.718. The second-order valence-corrected chi connectivity index (χ2v) is 9.85. The van der Waals surface area contributed by atoms with Gasteiger partial charge in [-0.05, 0) is 31.1 Å². The second kappa shape index (κ2) is 11.7. The molecule has 2 rings (SSSR count). The third-order valence-electron chi connectivity index (χ3n) is 5.29. The van der Waals surface area contributed by atoms with Crippen LogP contribution in [0.25, 0.3) is 0 Å². The lowest BCUT2D eigenvalue weighted by atomic mass is 9.91. The van der Waals surface area contributed by atoms with Crippen molar-refractivity contribution in [3.05, 3.63) is 23.2 Å². The van der Waals surface area contributed by atoms with Crippen molar-refractivity contribution in [2.45, 2.75) is 69.2 Å². The van der Waals surface area contributed by atoms with Gasteiger partial charge in [-0.1, -0.05) is 57.0 Å². The number of unbranched alkanes of at least 4 members (excludes halogenated alkanes) is 1. The van der Waals surface area contributed by atoms with Crippen LogP contribution in [0.1, 0.15) is 69.3 Å². The van der Waals surface area contributed by atoms with Crippen LogP contribution < -0.4 is 0 Å². The quantitative estimate of drug-likeness (QED) is 0.360. The summed E-state index contributed by atoms with van der Waals surface area (Å²) in [5, 5.41) is 20.7. The van der Waals surface area contributed by atoms with E-state index in [2.05, 4.69) is 18.8 Å². The summed E-state index contributed by atoms with van der Waals surface area (Å²) < 4.78 is 0.728. The summed E-state index contributed by atoms with van der Waals surface area (Å²) in [6.07, 6.45) is 9.98. The molecule has 4 unspecified atom stereocenters. The largest absolute Gasteiger partial charge is 0.476 e. The van der Waals surface area contributed by atoms with Crippen molar-refractivity contribution in [2.75, 3.05) is 5.75 Å².